The Kier molecular flexibility index (Phi) is 5.41. The molecule has 0 spiro atoms. The highest BCUT2D eigenvalue weighted by Crippen LogP contribution is 2.22. The lowest BCUT2D eigenvalue weighted by Crippen LogP contribution is -2.14. The van der Waals surface area contributed by atoms with Crippen molar-refractivity contribution in [3.63, 3.8) is 0 Å². The number of carbonyl (C=O) groups excluding carboxylic acids is 1. The lowest BCUT2D eigenvalue weighted by atomic mass is 10.2. The van der Waals surface area contributed by atoms with Crippen LogP contribution in [0.3, 0.4) is 0 Å². The van der Waals surface area contributed by atoms with E-state index in [0.29, 0.717) is 17.2 Å². The van der Waals surface area contributed by atoms with Crippen LogP contribution in [0.15, 0.2) is 80.7 Å². The third-order valence-corrected chi connectivity index (χ3v) is 5.54. The molecule has 4 rings (SSSR count). The molecule has 2 N–H and O–H groups in total. The zero-order chi connectivity index (χ0) is 21.8. The van der Waals surface area contributed by atoms with Crippen LogP contribution in [0.25, 0.3) is 11.7 Å². The Morgan fingerprint density at radius 1 is 1.00 bits per heavy atom. The summed E-state index contributed by atoms with van der Waals surface area (Å²) in [5.74, 6) is 0.552. The first-order valence-electron chi connectivity index (χ1n) is 8.90. The number of hydrogen-bond donors (Lipinski definition) is 2. The van der Waals surface area contributed by atoms with Crippen LogP contribution in [-0.2, 0) is 10.0 Å². The predicted molar refractivity (Wildman–Crippen MR) is 110 cm³/mol. The molecule has 0 bridgehead atoms. The summed E-state index contributed by atoms with van der Waals surface area (Å²) in [6, 6.07) is 15.1. The zero-order valence-electron chi connectivity index (χ0n) is 16.1. The predicted octanol–water partition coefficient (Wildman–Crippen LogP) is 3.39. The van der Waals surface area contributed by atoms with E-state index in [4.69, 9.17) is 13.6 Å². The minimum Gasteiger partial charge on any atom is -0.497 e. The Morgan fingerprint density at radius 2 is 1.74 bits per heavy atom. The number of carbonyl (C=O) groups is 1. The Labute approximate surface area is 176 Å². The molecule has 0 unspecified atom stereocenters. The van der Waals surface area contributed by atoms with Gasteiger partial charge in [-0.2, -0.15) is 0 Å². The molecule has 0 aliphatic rings. The smallest absolute Gasteiger partial charge is 0.322 e. The number of rotatable bonds is 7. The molecule has 4 aromatic rings. The molecule has 10 nitrogen and oxygen atoms in total. The van der Waals surface area contributed by atoms with Gasteiger partial charge in [-0.1, -0.05) is 5.10 Å². The Morgan fingerprint density at radius 3 is 2.39 bits per heavy atom. The van der Waals surface area contributed by atoms with E-state index in [0.717, 1.165) is 0 Å². The Balaban J connectivity index is 1.42. The van der Waals surface area contributed by atoms with Crippen molar-refractivity contribution in [3.05, 3.63) is 72.5 Å². The van der Waals surface area contributed by atoms with E-state index in [9.17, 15) is 13.2 Å². The van der Waals surface area contributed by atoms with Crippen molar-refractivity contribution in [2.24, 2.45) is 0 Å². The van der Waals surface area contributed by atoms with Crippen LogP contribution in [0.5, 0.6) is 5.75 Å². The topological polar surface area (TPSA) is 137 Å². The van der Waals surface area contributed by atoms with E-state index in [2.05, 4.69) is 20.2 Å². The van der Waals surface area contributed by atoms with Crippen molar-refractivity contribution in [1.29, 1.82) is 0 Å². The van der Waals surface area contributed by atoms with Gasteiger partial charge in [-0.15, -0.1) is 5.10 Å². The number of furan rings is 1. The second-order valence-electron chi connectivity index (χ2n) is 6.20. The number of benzene rings is 2. The Bertz CT molecular complexity index is 1280. The lowest BCUT2D eigenvalue weighted by molar-refractivity contribution is 0.102. The molecule has 0 saturated carbocycles. The number of anilines is 2. The van der Waals surface area contributed by atoms with E-state index in [1.165, 1.54) is 49.8 Å². The van der Waals surface area contributed by atoms with Gasteiger partial charge in [-0.05, 0) is 60.7 Å². The minimum atomic E-state index is -3.79. The molecular weight excluding hydrogens is 424 g/mol. The highest BCUT2D eigenvalue weighted by molar-refractivity contribution is 7.92. The van der Waals surface area contributed by atoms with Gasteiger partial charge in [0.05, 0.1) is 18.3 Å². The summed E-state index contributed by atoms with van der Waals surface area (Å²) in [7, 11) is -2.29. The van der Waals surface area contributed by atoms with Gasteiger partial charge in [0, 0.05) is 11.3 Å². The maximum Gasteiger partial charge on any atom is 0.322 e. The van der Waals surface area contributed by atoms with Crippen LogP contribution in [0.4, 0.5) is 11.7 Å². The summed E-state index contributed by atoms with van der Waals surface area (Å²) in [5.41, 5.74) is 0.565. The number of methoxy groups -OCH3 is 1. The molecular formula is C20H16N4O6S. The van der Waals surface area contributed by atoms with E-state index in [-0.39, 0.29) is 22.4 Å². The van der Waals surface area contributed by atoms with Crippen LogP contribution in [0.1, 0.15) is 10.4 Å². The van der Waals surface area contributed by atoms with E-state index in [1.54, 1.807) is 24.3 Å². The van der Waals surface area contributed by atoms with Crippen molar-refractivity contribution >= 4 is 27.6 Å². The van der Waals surface area contributed by atoms with Gasteiger partial charge >= 0.3 is 6.01 Å². The molecule has 0 atom stereocenters. The molecule has 31 heavy (non-hydrogen) atoms. The van der Waals surface area contributed by atoms with Crippen molar-refractivity contribution in [1.82, 2.24) is 10.2 Å². The largest absolute Gasteiger partial charge is 0.497 e. The monoisotopic (exact) mass is 440 g/mol. The zero-order valence-corrected chi connectivity index (χ0v) is 16.9. The van der Waals surface area contributed by atoms with E-state index >= 15 is 0 Å². The molecule has 11 heteroatoms. The van der Waals surface area contributed by atoms with Gasteiger partial charge in [0.15, 0.2) is 5.76 Å². The van der Waals surface area contributed by atoms with Gasteiger partial charge in [0.2, 0.25) is 0 Å². The number of nitrogens with zero attached hydrogens (tertiary/aromatic N) is 2. The Hall–Kier alpha value is -4.12. The van der Waals surface area contributed by atoms with Crippen molar-refractivity contribution < 1.29 is 26.8 Å². The average molecular weight is 440 g/mol. The third kappa shape index (κ3) is 4.56. The number of amides is 1. The molecule has 0 fully saturated rings. The SMILES string of the molecule is COc1ccc(S(=O)(=O)Nc2ccc(C(=O)Nc3nnc(-c4ccco4)o3)cc2)cc1. The van der Waals surface area contributed by atoms with Gasteiger partial charge < -0.3 is 13.6 Å². The number of aromatic nitrogens is 2. The minimum absolute atomic E-state index is 0.0823. The summed E-state index contributed by atoms with van der Waals surface area (Å²) in [6.45, 7) is 0. The number of nitrogens with one attached hydrogen (secondary N) is 2. The summed E-state index contributed by atoms with van der Waals surface area (Å²) >= 11 is 0. The number of ether oxygens (including phenoxy) is 1. The molecule has 2 heterocycles. The standard InChI is InChI=1S/C20H16N4O6S/c1-28-15-8-10-16(11-9-15)31(26,27)24-14-6-4-13(5-7-14)18(25)21-20-23-22-19(30-20)17-3-2-12-29-17/h2-12,24H,1H3,(H,21,23,25). The third-order valence-electron chi connectivity index (χ3n) is 4.15. The van der Waals surface area contributed by atoms with Crippen LogP contribution >= 0.6 is 0 Å². The van der Waals surface area contributed by atoms with Crippen molar-refractivity contribution in [2.45, 2.75) is 4.90 Å². The van der Waals surface area contributed by atoms with Gasteiger partial charge in [0.1, 0.15) is 5.75 Å². The summed E-state index contributed by atoms with van der Waals surface area (Å²) in [4.78, 5) is 12.5. The second-order valence-corrected chi connectivity index (χ2v) is 7.88. The molecule has 2 aromatic heterocycles. The molecule has 0 radical (unpaired) electrons. The maximum atomic E-state index is 12.5. The molecule has 0 aliphatic carbocycles. The first-order valence-corrected chi connectivity index (χ1v) is 10.4. The fourth-order valence-corrected chi connectivity index (χ4v) is 3.66. The first kappa shape index (κ1) is 20.2. The quantitative estimate of drug-likeness (QED) is 0.446. The van der Waals surface area contributed by atoms with Crippen LogP contribution < -0.4 is 14.8 Å². The molecule has 0 aliphatic heterocycles. The van der Waals surface area contributed by atoms with Crippen molar-refractivity contribution in [2.75, 3.05) is 17.1 Å². The first-order chi connectivity index (χ1) is 14.9. The van der Waals surface area contributed by atoms with E-state index < -0.39 is 15.9 Å². The summed E-state index contributed by atoms with van der Waals surface area (Å²) in [5, 5.41) is 10.0. The highest BCUT2D eigenvalue weighted by Gasteiger charge is 2.16. The average Bonchev–Trinajstić information content (AvgIpc) is 3.46. The highest BCUT2D eigenvalue weighted by atomic mass is 32.2. The van der Waals surface area contributed by atoms with E-state index in [1.807, 2.05) is 0 Å². The normalized spacial score (nSPS) is 11.1. The van der Waals surface area contributed by atoms with Crippen LogP contribution in [0, 0.1) is 0 Å². The fraction of sp³-hybridized carbons (Fsp3) is 0.0500. The second kappa shape index (κ2) is 8.32. The lowest BCUT2D eigenvalue weighted by Gasteiger charge is -2.09. The van der Waals surface area contributed by atoms with Crippen LogP contribution in [0.2, 0.25) is 0 Å². The van der Waals surface area contributed by atoms with Gasteiger partial charge in [-0.25, -0.2) is 8.42 Å². The molecule has 0 saturated heterocycles. The molecule has 158 valence electrons. The summed E-state index contributed by atoms with van der Waals surface area (Å²) in [6.07, 6.45) is 1.46. The molecule has 1 amide bonds. The summed E-state index contributed by atoms with van der Waals surface area (Å²) < 4.78 is 42.9. The van der Waals surface area contributed by atoms with Crippen LogP contribution in [-0.4, -0.2) is 31.6 Å². The maximum absolute atomic E-state index is 12.5. The van der Waals surface area contributed by atoms with Gasteiger partial charge in [0.25, 0.3) is 21.8 Å². The number of hydrogen-bond acceptors (Lipinski definition) is 8. The van der Waals surface area contributed by atoms with Crippen molar-refractivity contribution in [3.8, 4) is 17.4 Å². The number of sulfonamides is 1. The fourth-order valence-electron chi connectivity index (χ4n) is 2.60. The van der Waals surface area contributed by atoms with Gasteiger partial charge in [-0.3, -0.25) is 14.8 Å². The molecule has 2 aromatic carbocycles.